The van der Waals surface area contributed by atoms with Crippen molar-refractivity contribution < 1.29 is 4.74 Å². The topological polar surface area (TPSA) is 48.9 Å². The van der Waals surface area contributed by atoms with E-state index < -0.39 is 0 Å². The second-order valence-electron chi connectivity index (χ2n) is 5.47. The van der Waals surface area contributed by atoms with Gasteiger partial charge in [-0.2, -0.15) is 0 Å². The molecule has 23 heavy (non-hydrogen) atoms. The van der Waals surface area contributed by atoms with E-state index in [1.54, 1.807) is 7.11 Å². The van der Waals surface area contributed by atoms with Crippen molar-refractivity contribution in [1.29, 1.82) is 0 Å². The smallest absolute Gasteiger partial charge is 0.191 e. The monoisotopic (exact) mass is 434 g/mol. The van der Waals surface area contributed by atoms with Crippen molar-refractivity contribution in [1.82, 2.24) is 15.5 Å². The standard InChI is InChI=1S/C17H30N4O.HI/c1-5-18-17(19-11-8-12-22-4)20-13-15-9-6-7-10-16(15)14-21(2)3;/h6-7,9-10H,5,8,11-14H2,1-4H3,(H2,18,19,20);1H. The summed E-state index contributed by atoms with van der Waals surface area (Å²) < 4.78 is 5.06. The predicted molar refractivity (Wildman–Crippen MR) is 109 cm³/mol. The van der Waals surface area contributed by atoms with Gasteiger partial charge >= 0.3 is 0 Å². The minimum atomic E-state index is 0. The quantitative estimate of drug-likeness (QED) is 0.271. The molecule has 0 aliphatic carbocycles. The van der Waals surface area contributed by atoms with E-state index in [1.807, 2.05) is 0 Å². The van der Waals surface area contributed by atoms with Gasteiger partial charge in [0, 0.05) is 33.4 Å². The molecule has 0 atom stereocenters. The summed E-state index contributed by atoms with van der Waals surface area (Å²) in [6, 6.07) is 8.48. The number of methoxy groups -OCH3 is 1. The Kier molecular flexibility index (Phi) is 13.1. The molecule has 0 aliphatic heterocycles. The second-order valence-corrected chi connectivity index (χ2v) is 5.47. The lowest BCUT2D eigenvalue weighted by atomic mass is 10.1. The normalized spacial score (nSPS) is 11.3. The first-order valence-corrected chi connectivity index (χ1v) is 7.90. The Morgan fingerprint density at radius 3 is 2.48 bits per heavy atom. The molecule has 0 amide bonds. The Hall–Kier alpha value is -0.860. The molecule has 0 aliphatic rings. The van der Waals surface area contributed by atoms with Crippen LogP contribution < -0.4 is 10.6 Å². The molecule has 0 aromatic heterocycles. The van der Waals surface area contributed by atoms with Crippen LogP contribution in [0.25, 0.3) is 0 Å². The van der Waals surface area contributed by atoms with Crippen LogP contribution in [0.1, 0.15) is 24.5 Å². The molecule has 1 aromatic rings. The van der Waals surface area contributed by atoms with Gasteiger partial charge in [-0.25, -0.2) is 4.99 Å². The summed E-state index contributed by atoms with van der Waals surface area (Å²) in [5, 5.41) is 6.61. The number of guanidine groups is 1. The van der Waals surface area contributed by atoms with Crippen molar-refractivity contribution in [3.05, 3.63) is 35.4 Å². The first-order chi connectivity index (χ1) is 10.7. The zero-order valence-corrected chi connectivity index (χ0v) is 17.1. The Morgan fingerprint density at radius 1 is 1.17 bits per heavy atom. The molecule has 0 bridgehead atoms. The van der Waals surface area contributed by atoms with E-state index in [-0.39, 0.29) is 24.0 Å². The Labute approximate surface area is 157 Å². The fraction of sp³-hybridized carbons (Fsp3) is 0.588. The van der Waals surface area contributed by atoms with Crippen LogP contribution in [0.15, 0.2) is 29.3 Å². The molecule has 132 valence electrons. The maximum atomic E-state index is 5.06. The first-order valence-electron chi connectivity index (χ1n) is 7.90. The average molecular weight is 434 g/mol. The maximum Gasteiger partial charge on any atom is 0.191 e. The molecule has 0 unspecified atom stereocenters. The van der Waals surface area contributed by atoms with Crippen molar-refractivity contribution in [3.8, 4) is 0 Å². The Bertz CT molecular complexity index is 452. The number of halogens is 1. The van der Waals surface area contributed by atoms with Gasteiger partial charge in [0.05, 0.1) is 6.54 Å². The van der Waals surface area contributed by atoms with Crippen molar-refractivity contribution in [2.75, 3.05) is 40.9 Å². The lowest BCUT2D eigenvalue weighted by Crippen LogP contribution is -2.38. The molecule has 0 heterocycles. The maximum absolute atomic E-state index is 5.06. The van der Waals surface area contributed by atoms with Crippen LogP contribution in [-0.4, -0.2) is 51.8 Å². The highest BCUT2D eigenvalue weighted by Gasteiger charge is 2.03. The first kappa shape index (κ1) is 22.1. The average Bonchev–Trinajstić information content (AvgIpc) is 2.49. The molecule has 1 aromatic carbocycles. The van der Waals surface area contributed by atoms with Gasteiger partial charge < -0.3 is 20.3 Å². The molecule has 0 saturated heterocycles. The van der Waals surface area contributed by atoms with Crippen LogP contribution in [0.4, 0.5) is 0 Å². The minimum Gasteiger partial charge on any atom is -0.385 e. The molecule has 1 rings (SSSR count). The lowest BCUT2D eigenvalue weighted by Gasteiger charge is -2.14. The van der Waals surface area contributed by atoms with Crippen LogP contribution in [0.3, 0.4) is 0 Å². The molecular weight excluding hydrogens is 403 g/mol. The number of hydrogen-bond acceptors (Lipinski definition) is 3. The van der Waals surface area contributed by atoms with Crippen LogP contribution >= 0.6 is 24.0 Å². The number of aliphatic imine (C=N–C) groups is 1. The molecule has 5 nitrogen and oxygen atoms in total. The summed E-state index contributed by atoms with van der Waals surface area (Å²) in [5.41, 5.74) is 2.59. The van der Waals surface area contributed by atoms with Gasteiger partial charge in [-0.3, -0.25) is 0 Å². The van der Waals surface area contributed by atoms with Gasteiger partial charge in [0.25, 0.3) is 0 Å². The zero-order chi connectivity index (χ0) is 16.2. The largest absolute Gasteiger partial charge is 0.385 e. The van der Waals surface area contributed by atoms with E-state index in [9.17, 15) is 0 Å². The predicted octanol–water partition coefficient (Wildman–Crippen LogP) is 2.46. The van der Waals surface area contributed by atoms with Crippen molar-refractivity contribution in [3.63, 3.8) is 0 Å². The number of ether oxygens (including phenoxy) is 1. The van der Waals surface area contributed by atoms with Crippen molar-refractivity contribution in [2.24, 2.45) is 4.99 Å². The number of hydrogen-bond donors (Lipinski definition) is 2. The summed E-state index contributed by atoms with van der Waals surface area (Å²) in [5.74, 6) is 0.859. The van der Waals surface area contributed by atoms with Crippen molar-refractivity contribution in [2.45, 2.75) is 26.4 Å². The molecule has 6 heteroatoms. The minimum absolute atomic E-state index is 0. The highest BCUT2D eigenvalue weighted by Crippen LogP contribution is 2.11. The summed E-state index contributed by atoms with van der Waals surface area (Å²) >= 11 is 0. The third-order valence-electron chi connectivity index (χ3n) is 3.17. The lowest BCUT2D eigenvalue weighted by molar-refractivity contribution is 0.195. The van der Waals surface area contributed by atoms with Crippen LogP contribution in [0.5, 0.6) is 0 Å². The fourth-order valence-electron chi connectivity index (χ4n) is 2.14. The molecular formula is C17H31IN4O. The van der Waals surface area contributed by atoms with E-state index in [2.05, 4.69) is 65.8 Å². The van der Waals surface area contributed by atoms with Gasteiger partial charge in [-0.1, -0.05) is 24.3 Å². The van der Waals surface area contributed by atoms with Crippen molar-refractivity contribution >= 4 is 29.9 Å². The number of rotatable bonds is 9. The van der Waals surface area contributed by atoms with E-state index in [4.69, 9.17) is 4.74 Å². The summed E-state index contributed by atoms with van der Waals surface area (Å²) in [6.07, 6.45) is 0.970. The Balaban J connectivity index is 0.00000484. The van der Waals surface area contributed by atoms with E-state index in [0.717, 1.165) is 38.6 Å². The van der Waals surface area contributed by atoms with Gasteiger partial charge in [-0.15, -0.1) is 24.0 Å². The third kappa shape index (κ3) is 9.78. The number of nitrogens with one attached hydrogen (secondary N) is 2. The third-order valence-corrected chi connectivity index (χ3v) is 3.17. The molecule has 2 N–H and O–H groups in total. The van der Waals surface area contributed by atoms with E-state index in [0.29, 0.717) is 6.54 Å². The van der Waals surface area contributed by atoms with E-state index in [1.165, 1.54) is 11.1 Å². The molecule has 0 fully saturated rings. The van der Waals surface area contributed by atoms with Crippen LogP contribution in [0.2, 0.25) is 0 Å². The van der Waals surface area contributed by atoms with Gasteiger partial charge in [0.2, 0.25) is 0 Å². The SMILES string of the molecule is CCNC(=NCc1ccccc1CN(C)C)NCCCOC.I. The van der Waals surface area contributed by atoms with Gasteiger partial charge in [0.15, 0.2) is 5.96 Å². The highest BCUT2D eigenvalue weighted by molar-refractivity contribution is 14.0. The summed E-state index contributed by atoms with van der Waals surface area (Å²) in [4.78, 5) is 6.86. The highest BCUT2D eigenvalue weighted by atomic mass is 127. The fourth-order valence-corrected chi connectivity index (χ4v) is 2.14. The Morgan fingerprint density at radius 2 is 1.87 bits per heavy atom. The number of benzene rings is 1. The summed E-state index contributed by atoms with van der Waals surface area (Å²) in [6.45, 7) is 6.17. The second kappa shape index (κ2) is 13.6. The molecule has 0 saturated carbocycles. The van der Waals surface area contributed by atoms with Gasteiger partial charge in [0.1, 0.15) is 0 Å². The molecule has 0 radical (unpaired) electrons. The van der Waals surface area contributed by atoms with Crippen LogP contribution in [-0.2, 0) is 17.8 Å². The molecule has 0 spiro atoms. The van der Waals surface area contributed by atoms with Crippen LogP contribution in [0, 0.1) is 0 Å². The summed E-state index contributed by atoms with van der Waals surface area (Å²) in [7, 11) is 5.89. The van der Waals surface area contributed by atoms with E-state index >= 15 is 0 Å². The zero-order valence-electron chi connectivity index (χ0n) is 14.8. The van der Waals surface area contributed by atoms with Gasteiger partial charge in [-0.05, 0) is 38.6 Å². The number of nitrogens with zero attached hydrogens (tertiary/aromatic N) is 2.